The molecule has 0 saturated heterocycles. The molecule has 0 aliphatic heterocycles. The fraction of sp³-hybridized carbons (Fsp3) is 0.481. The topological polar surface area (TPSA) is 58.6 Å². The number of aryl methyl sites for hydroxylation is 1. The van der Waals surface area contributed by atoms with Crippen LogP contribution in [0.25, 0.3) is 0 Å². The Morgan fingerprint density at radius 3 is 2.53 bits per heavy atom. The third kappa shape index (κ3) is 7.40. The van der Waals surface area contributed by atoms with Crippen LogP contribution >= 0.6 is 0 Å². The highest BCUT2D eigenvalue weighted by Gasteiger charge is 2.27. The van der Waals surface area contributed by atoms with E-state index in [1.54, 1.807) is 4.90 Å². The summed E-state index contributed by atoms with van der Waals surface area (Å²) < 4.78 is 5.73. The van der Waals surface area contributed by atoms with Crippen molar-refractivity contribution in [3.63, 3.8) is 0 Å². The van der Waals surface area contributed by atoms with E-state index in [4.69, 9.17) is 4.74 Å². The van der Waals surface area contributed by atoms with Crippen LogP contribution in [0.3, 0.4) is 0 Å². The smallest absolute Gasteiger partial charge is 0.242 e. The van der Waals surface area contributed by atoms with Crippen molar-refractivity contribution < 1.29 is 14.3 Å². The number of hydrogen-bond donors (Lipinski definition) is 1. The molecule has 1 N–H and O–H groups in total. The summed E-state index contributed by atoms with van der Waals surface area (Å²) in [6.45, 7) is 4.78. The van der Waals surface area contributed by atoms with E-state index in [9.17, 15) is 9.59 Å². The first-order chi connectivity index (χ1) is 15.5. The van der Waals surface area contributed by atoms with Gasteiger partial charge in [-0.1, -0.05) is 67.3 Å². The Bertz CT molecular complexity index is 862. The number of rotatable bonds is 10. The van der Waals surface area contributed by atoms with E-state index >= 15 is 0 Å². The van der Waals surface area contributed by atoms with Crippen molar-refractivity contribution >= 4 is 11.8 Å². The Morgan fingerprint density at radius 2 is 1.81 bits per heavy atom. The number of para-hydroxylation sites is 1. The van der Waals surface area contributed by atoms with Crippen LogP contribution in [-0.2, 0) is 16.1 Å². The Morgan fingerprint density at radius 1 is 1.06 bits per heavy atom. The minimum atomic E-state index is -0.514. The van der Waals surface area contributed by atoms with Gasteiger partial charge in [-0.25, -0.2) is 0 Å². The van der Waals surface area contributed by atoms with Crippen molar-refractivity contribution in [1.82, 2.24) is 10.2 Å². The first-order valence-corrected chi connectivity index (χ1v) is 11.9. The molecule has 0 bridgehead atoms. The maximum atomic E-state index is 13.2. The first kappa shape index (κ1) is 23.8. The molecule has 2 aromatic rings. The van der Waals surface area contributed by atoms with Gasteiger partial charge in [-0.3, -0.25) is 9.59 Å². The highest BCUT2D eigenvalue weighted by molar-refractivity contribution is 5.87. The van der Waals surface area contributed by atoms with Crippen LogP contribution in [-0.4, -0.2) is 35.4 Å². The number of benzene rings is 2. The minimum absolute atomic E-state index is 0.0190. The summed E-state index contributed by atoms with van der Waals surface area (Å²) in [4.78, 5) is 27.9. The lowest BCUT2D eigenvalue weighted by Gasteiger charge is -2.31. The summed E-state index contributed by atoms with van der Waals surface area (Å²) >= 11 is 0. The number of hydrogen-bond acceptors (Lipinski definition) is 3. The summed E-state index contributed by atoms with van der Waals surface area (Å²) in [5.74, 6) is 0.727. The molecule has 1 atom stereocenters. The van der Waals surface area contributed by atoms with Gasteiger partial charge in [0.2, 0.25) is 11.8 Å². The van der Waals surface area contributed by atoms with Crippen molar-refractivity contribution in [2.75, 3.05) is 6.61 Å². The molecule has 1 aliphatic carbocycles. The molecule has 0 heterocycles. The van der Waals surface area contributed by atoms with Crippen molar-refractivity contribution in [2.24, 2.45) is 0 Å². The number of ether oxygens (including phenoxy) is 1. The number of nitrogens with zero attached hydrogens (tertiary/aromatic N) is 1. The largest absolute Gasteiger partial charge is 0.494 e. The van der Waals surface area contributed by atoms with Crippen LogP contribution in [0.1, 0.15) is 63.0 Å². The molecular weight excluding hydrogens is 400 g/mol. The quantitative estimate of drug-likeness (QED) is 0.532. The molecule has 172 valence electrons. The summed E-state index contributed by atoms with van der Waals surface area (Å²) in [5.41, 5.74) is 2.18. The Hall–Kier alpha value is -2.82. The van der Waals surface area contributed by atoms with Crippen molar-refractivity contribution in [2.45, 2.75) is 77.4 Å². The lowest BCUT2D eigenvalue weighted by molar-refractivity contribution is -0.141. The van der Waals surface area contributed by atoms with E-state index in [-0.39, 0.29) is 17.9 Å². The summed E-state index contributed by atoms with van der Waals surface area (Å²) in [5, 5.41) is 3.18. The normalized spacial score (nSPS) is 15.1. The van der Waals surface area contributed by atoms with Crippen LogP contribution < -0.4 is 10.1 Å². The average Bonchev–Trinajstić information content (AvgIpc) is 2.81. The van der Waals surface area contributed by atoms with Gasteiger partial charge < -0.3 is 15.0 Å². The van der Waals surface area contributed by atoms with E-state index < -0.39 is 6.04 Å². The number of carbonyl (C=O) groups is 2. The zero-order valence-electron chi connectivity index (χ0n) is 19.4. The van der Waals surface area contributed by atoms with Crippen LogP contribution in [0.5, 0.6) is 5.75 Å². The molecule has 2 amide bonds. The molecule has 0 aromatic heterocycles. The van der Waals surface area contributed by atoms with Crippen LogP contribution in [0.15, 0.2) is 54.6 Å². The number of nitrogens with one attached hydrogen (secondary N) is 1. The van der Waals surface area contributed by atoms with Crippen molar-refractivity contribution in [3.8, 4) is 5.75 Å². The lowest BCUT2D eigenvalue weighted by atomic mass is 9.95. The number of amides is 2. The molecule has 32 heavy (non-hydrogen) atoms. The van der Waals surface area contributed by atoms with Gasteiger partial charge in [-0.15, -0.1) is 0 Å². The second-order valence-electron chi connectivity index (χ2n) is 8.80. The molecule has 5 heteroatoms. The fourth-order valence-corrected chi connectivity index (χ4v) is 4.23. The monoisotopic (exact) mass is 436 g/mol. The molecular formula is C27H36N2O3. The Labute approximate surface area is 192 Å². The van der Waals surface area contributed by atoms with E-state index in [1.165, 1.54) is 6.42 Å². The zero-order valence-corrected chi connectivity index (χ0v) is 19.4. The highest BCUT2D eigenvalue weighted by Crippen LogP contribution is 2.19. The average molecular weight is 437 g/mol. The van der Waals surface area contributed by atoms with Crippen LogP contribution in [0.2, 0.25) is 0 Å². The van der Waals surface area contributed by atoms with Gasteiger partial charge in [0.15, 0.2) is 0 Å². The summed E-state index contributed by atoms with van der Waals surface area (Å²) in [7, 11) is 0. The molecule has 1 saturated carbocycles. The first-order valence-electron chi connectivity index (χ1n) is 11.9. The van der Waals surface area contributed by atoms with Gasteiger partial charge in [0.25, 0.3) is 0 Å². The standard InChI is InChI=1S/C27H36N2O3/c1-21-11-9-12-23(19-21)20-29(22(2)27(31)28-24-13-5-3-6-14-24)26(30)17-10-18-32-25-15-7-4-8-16-25/h4,7-9,11-12,15-16,19,22,24H,3,5-6,10,13-14,17-18,20H2,1-2H3,(H,28,31)/t22-/m0/s1. The minimum Gasteiger partial charge on any atom is -0.494 e. The van der Waals surface area contributed by atoms with Gasteiger partial charge in [0.1, 0.15) is 11.8 Å². The molecule has 5 nitrogen and oxygen atoms in total. The van der Waals surface area contributed by atoms with Gasteiger partial charge in [0, 0.05) is 19.0 Å². The van der Waals surface area contributed by atoms with Gasteiger partial charge in [-0.2, -0.15) is 0 Å². The molecule has 0 spiro atoms. The maximum absolute atomic E-state index is 13.2. The van der Waals surface area contributed by atoms with E-state index in [0.29, 0.717) is 26.0 Å². The molecule has 1 aliphatic rings. The van der Waals surface area contributed by atoms with Gasteiger partial charge in [0.05, 0.1) is 6.61 Å². The Balaban J connectivity index is 1.60. The lowest BCUT2D eigenvalue weighted by Crippen LogP contribution is -2.50. The van der Waals surface area contributed by atoms with Crippen LogP contribution in [0, 0.1) is 6.92 Å². The third-order valence-electron chi connectivity index (χ3n) is 6.10. The summed E-state index contributed by atoms with van der Waals surface area (Å²) in [6, 6.07) is 17.4. The molecule has 3 rings (SSSR count). The predicted octanol–water partition coefficient (Wildman–Crippen LogP) is 5.02. The third-order valence-corrected chi connectivity index (χ3v) is 6.10. The zero-order chi connectivity index (χ0) is 22.8. The molecule has 0 unspecified atom stereocenters. The second-order valence-corrected chi connectivity index (χ2v) is 8.80. The van der Waals surface area contributed by atoms with E-state index in [2.05, 4.69) is 11.4 Å². The summed E-state index contributed by atoms with van der Waals surface area (Å²) in [6.07, 6.45) is 6.57. The molecule has 2 aromatic carbocycles. The van der Waals surface area contributed by atoms with Crippen molar-refractivity contribution in [3.05, 3.63) is 65.7 Å². The maximum Gasteiger partial charge on any atom is 0.242 e. The number of carbonyl (C=O) groups excluding carboxylic acids is 2. The van der Waals surface area contributed by atoms with E-state index in [1.807, 2.05) is 62.4 Å². The molecule has 0 radical (unpaired) electrons. The predicted molar refractivity (Wildman–Crippen MR) is 127 cm³/mol. The van der Waals surface area contributed by atoms with Crippen LogP contribution in [0.4, 0.5) is 0 Å². The highest BCUT2D eigenvalue weighted by atomic mass is 16.5. The van der Waals surface area contributed by atoms with Crippen molar-refractivity contribution in [1.29, 1.82) is 0 Å². The fourth-order valence-electron chi connectivity index (χ4n) is 4.23. The SMILES string of the molecule is Cc1cccc(CN(C(=O)CCCOc2ccccc2)[C@@H](C)C(=O)NC2CCCCC2)c1. The van der Waals surface area contributed by atoms with Gasteiger partial charge >= 0.3 is 0 Å². The Kier molecular flexibility index (Phi) is 9.14. The van der Waals surface area contributed by atoms with E-state index in [0.717, 1.165) is 42.6 Å². The van der Waals surface area contributed by atoms with Gasteiger partial charge in [-0.05, 0) is 50.8 Å². The second kappa shape index (κ2) is 12.3. The molecule has 1 fully saturated rings.